The van der Waals surface area contributed by atoms with Gasteiger partial charge in [0.25, 0.3) is 0 Å². The van der Waals surface area contributed by atoms with Crippen molar-refractivity contribution in [1.82, 2.24) is 9.88 Å². The summed E-state index contributed by atoms with van der Waals surface area (Å²) in [5.41, 5.74) is 6.44. The molecular weight excluding hydrogens is 417 g/mol. The predicted molar refractivity (Wildman–Crippen MR) is 119 cm³/mol. The number of nitrogens with two attached hydrogens (primary N) is 1. The molecule has 1 atom stereocenters. The highest BCUT2D eigenvalue weighted by Crippen LogP contribution is 2.32. The maximum Gasteiger partial charge on any atom is 0.192 e. The molecule has 2 heterocycles. The number of halogens is 2. The van der Waals surface area contributed by atoms with Crippen LogP contribution in [0.5, 0.6) is 0 Å². The van der Waals surface area contributed by atoms with Gasteiger partial charge in [-0.25, -0.2) is 9.37 Å². The maximum atomic E-state index is 14.4. The number of hydrogen-bond donors (Lipinski definition) is 3. The monoisotopic (exact) mass is 443 g/mol. The highest BCUT2D eigenvalue weighted by molar-refractivity contribution is 8.00. The van der Waals surface area contributed by atoms with Crippen molar-refractivity contribution < 1.29 is 4.39 Å². The molecule has 28 heavy (non-hydrogen) atoms. The van der Waals surface area contributed by atoms with Crippen LogP contribution in [0.3, 0.4) is 0 Å². The summed E-state index contributed by atoms with van der Waals surface area (Å²) < 4.78 is 17.4. The number of likely N-dealkylation sites (tertiary alicyclic amines) is 1. The lowest BCUT2D eigenvalue weighted by Crippen LogP contribution is -2.38. The van der Waals surface area contributed by atoms with Gasteiger partial charge in [-0.15, -0.1) is 11.3 Å². The van der Waals surface area contributed by atoms with Crippen molar-refractivity contribution in [3.05, 3.63) is 34.5 Å². The van der Waals surface area contributed by atoms with Gasteiger partial charge in [-0.05, 0) is 75.3 Å². The highest BCUT2D eigenvalue weighted by atomic mass is 35.5. The minimum atomic E-state index is -0.304. The second-order valence-corrected chi connectivity index (χ2v) is 9.13. The van der Waals surface area contributed by atoms with Crippen molar-refractivity contribution >= 4 is 45.7 Å². The van der Waals surface area contributed by atoms with Crippen LogP contribution < -0.4 is 15.8 Å². The Morgan fingerprint density at radius 3 is 3.07 bits per heavy atom. The smallest absolute Gasteiger partial charge is 0.192 e. The first-order chi connectivity index (χ1) is 13.7. The summed E-state index contributed by atoms with van der Waals surface area (Å²) in [4.78, 5) is 7.07. The Kier molecular flexibility index (Phi) is 8.66. The second-order valence-electron chi connectivity index (χ2n) is 6.98. The number of aromatic nitrogens is 1. The van der Waals surface area contributed by atoms with E-state index in [0.717, 1.165) is 44.2 Å². The van der Waals surface area contributed by atoms with Crippen LogP contribution in [0, 0.1) is 11.7 Å². The molecule has 0 amide bonds. The number of nitrogens with zero attached hydrogens (tertiary/aromatic N) is 2. The fraction of sp³-hybridized carbons (Fsp3) is 0.526. The maximum absolute atomic E-state index is 14.4. The first-order valence-corrected chi connectivity index (χ1v) is 11.7. The third kappa shape index (κ3) is 6.49. The quantitative estimate of drug-likeness (QED) is 0.358. The number of unbranched alkanes of at least 4 members (excludes halogenated alkanes) is 1. The van der Waals surface area contributed by atoms with E-state index in [1.54, 1.807) is 12.3 Å². The van der Waals surface area contributed by atoms with Crippen LogP contribution >= 0.6 is 34.9 Å². The van der Waals surface area contributed by atoms with E-state index >= 15 is 0 Å². The highest BCUT2D eigenvalue weighted by Gasteiger charge is 2.17. The average Bonchev–Trinajstić information content (AvgIpc) is 3.22. The number of benzene rings is 1. The molecule has 5 nitrogen and oxygen atoms in total. The normalized spacial score (nSPS) is 17.6. The molecule has 0 radical (unpaired) electrons. The van der Waals surface area contributed by atoms with Crippen LogP contribution in [0.25, 0.3) is 0 Å². The number of thiazole rings is 1. The Hall–Kier alpha value is -1.06. The topological polar surface area (TPSA) is 66.2 Å². The van der Waals surface area contributed by atoms with E-state index in [2.05, 4.69) is 19.9 Å². The predicted octanol–water partition coefficient (Wildman–Crippen LogP) is 4.92. The molecule has 0 saturated carbocycles. The van der Waals surface area contributed by atoms with Gasteiger partial charge >= 0.3 is 0 Å². The average molecular weight is 444 g/mol. The number of anilines is 2. The lowest BCUT2D eigenvalue weighted by atomic mass is 9.98. The molecule has 4 N–H and O–H groups in total. The van der Waals surface area contributed by atoms with Crippen molar-refractivity contribution in [3.63, 3.8) is 0 Å². The Morgan fingerprint density at radius 1 is 1.39 bits per heavy atom. The van der Waals surface area contributed by atoms with Crippen LogP contribution in [0.15, 0.2) is 28.6 Å². The summed E-state index contributed by atoms with van der Waals surface area (Å²) in [6, 6.07) is 3.11. The SMILES string of the molecule is NCC1CCCN(CCCCNc2cc(F)c(SNc3nccs3)cc2Cl)C1. The Labute approximate surface area is 179 Å². The molecule has 1 aliphatic rings. The number of hydrogen-bond acceptors (Lipinski definition) is 7. The minimum Gasteiger partial charge on any atom is -0.384 e. The zero-order valence-corrected chi connectivity index (χ0v) is 18.2. The number of piperidine rings is 1. The van der Waals surface area contributed by atoms with Gasteiger partial charge in [-0.2, -0.15) is 0 Å². The summed E-state index contributed by atoms with van der Waals surface area (Å²) in [6.45, 7) is 4.95. The van der Waals surface area contributed by atoms with Gasteiger partial charge in [-0.3, -0.25) is 0 Å². The van der Waals surface area contributed by atoms with Crippen molar-refractivity contribution in [2.45, 2.75) is 30.6 Å². The van der Waals surface area contributed by atoms with E-state index in [-0.39, 0.29) is 5.82 Å². The van der Waals surface area contributed by atoms with Crippen LogP contribution in [0.4, 0.5) is 15.2 Å². The molecule has 0 spiro atoms. The van der Waals surface area contributed by atoms with Crippen molar-refractivity contribution in [2.75, 3.05) is 42.8 Å². The van der Waals surface area contributed by atoms with Gasteiger partial charge in [0.1, 0.15) is 5.82 Å². The largest absolute Gasteiger partial charge is 0.384 e. The first-order valence-electron chi connectivity index (χ1n) is 9.63. The lowest BCUT2D eigenvalue weighted by molar-refractivity contribution is 0.176. The van der Waals surface area contributed by atoms with Crippen LogP contribution in [0.1, 0.15) is 25.7 Å². The number of nitrogens with one attached hydrogen (secondary N) is 2. The minimum absolute atomic E-state index is 0.304. The Morgan fingerprint density at radius 2 is 2.29 bits per heavy atom. The second kappa shape index (κ2) is 11.2. The van der Waals surface area contributed by atoms with E-state index in [0.29, 0.717) is 21.5 Å². The van der Waals surface area contributed by atoms with Gasteiger partial charge in [0.2, 0.25) is 0 Å². The summed E-state index contributed by atoms with van der Waals surface area (Å²) in [5, 5.41) is 6.37. The van der Waals surface area contributed by atoms with E-state index in [9.17, 15) is 4.39 Å². The molecule has 1 aromatic heterocycles. The molecule has 0 bridgehead atoms. The summed E-state index contributed by atoms with van der Waals surface area (Å²) in [6.07, 6.45) is 6.33. The molecule has 9 heteroatoms. The fourth-order valence-electron chi connectivity index (χ4n) is 3.34. The molecule has 3 rings (SSSR count). The molecule has 2 aromatic rings. The van der Waals surface area contributed by atoms with E-state index in [1.807, 2.05) is 5.38 Å². The van der Waals surface area contributed by atoms with E-state index in [1.165, 1.54) is 48.7 Å². The molecule has 0 aliphatic carbocycles. The van der Waals surface area contributed by atoms with E-state index < -0.39 is 0 Å². The summed E-state index contributed by atoms with van der Waals surface area (Å²) in [7, 11) is 0. The van der Waals surface area contributed by atoms with Crippen molar-refractivity contribution in [1.29, 1.82) is 0 Å². The molecular formula is C19H27ClFN5S2. The molecule has 154 valence electrons. The third-order valence-electron chi connectivity index (χ3n) is 4.86. The Bertz CT molecular complexity index is 731. The lowest BCUT2D eigenvalue weighted by Gasteiger charge is -2.32. The van der Waals surface area contributed by atoms with Crippen molar-refractivity contribution in [3.8, 4) is 0 Å². The standard InChI is InChI=1S/C19H27ClFN5S2/c20-15-10-18(28-25-19-24-6-9-27-19)16(21)11-17(15)23-5-1-2-7-26-8-3-4-14(12-22)13-26/h6,9-11,14,23H,1-5,7-8,12-13,22H2,(H,24,25). The molecule has 1 aromatic carbocycles. The first kappa shape index (κ1) is 21.6. The van der Waals surface area contributed by atoms with E-state index in [4.69, 9.17) is 17.3 Å². The van der Waals surface area contributed by atoms with Crippen LogP contribution in [0.2, 0.25) is 5.02 Å². The van der Waals surface area contributed by atoms with Gasteiger partial charge in [0, 0.05) is 24.7 Å². The van der Waals surface area contributed by atoms with Gasteiger partial charge in [0.05, 0.1) is 15.6 Å². The zero-order chi connectivity index (χ0) is 19.8. The van der Waals surface area contributed by atoms with Gasteiger partial charge in [-0.1, -0.05) is 11.6 Å². The van der Waals surface area contributed by atoms with Crippen molar-refractivity contribution in [2.24, 2.45) is 11.7 Å². The van der Waals surface area contributed by atoms with Crippen LogP contribution in [-0.2, 0) is 0 Å². The summed E-state index contributed by atoms with van der Waals surface area (Å²) in [5.74, 6) is 0.345. The molecule has 1 aliphatic heterocycles. The number of rotatable bonds is 10. The fourth-order valence-corrected chi connectivity index (χ4v) is 4.91. The Balaban J connectivity index is 1.40. The molecule has 1 saturated heterocycles. The zero-order valence-electron chi connectivity index (χ0n) is 15.8. The third-order valence-corrected chi connectivity index (χ3v) is 6.81. The summed E-state index contributed by atoms with van der Waals surface area (Å²) >= 11 is 8.96. The molecule has 1 unspecified atom stereocenters. The van der Waals surface area contributed by atoms with Crippen LogP contribution in [-0.4, -0.2) is 42.6 Å². The van der Waals surface area contributed by atoms with Gasteiger partial charge in [0.15, 0.2) is 5.13 Å². The van der Waals surface area contributed by atoms with Gasteiger partial charge < -0.3 is 20.7 Å². The molecule has 1 fully saturated rings.